The highest BCUT2D eigenvalue weighted by Crippen LogP contribution is 2.27. The van der Waals surface area contributed by atoms with Gasteiger partial charge in [0.05, 0.1) is 5.92 Å². The zero-order valence-corrected chi connectivity index (χ0v) is 10.6. The van der Waals surface area contributed by atoms with Crippen LogP contribution >= 0.6 is 15.9 Å². The van der Waals surface area contributed by atoms with Crippen LogP contribution in [0.2, 0.25) is 0 Å². The predicted octanol–water partition coefficient (Wildman–Crippen LogP) is 2.57. The summed E-state index contributed by atoms with van der Waals surface area (Å²) in [5, 5.41) is 11.8. The van der Waals surface area contributed by atoms with Gasteiger partial charge in [-0.05, 0) is 25.2 Å². The smallest absolute Gasteiger partial charge is 0.308 e. The van der Waals surface area contributed by atoms with E-state index in [2.05, 4.69) is 21.2 Å². The zero-order chi connectivity index (χ0) is 12.3. The van der Waals surface area contributed by atoms with Crippen LogP contribution in [0.3, 0.4) is 0 Å². The van der Waals surface area contributed by atoms with Crippen LogP contribution in [0.4, 0.5) is 4.39 Å². The molecule has 3 nitrogen and oxygen atoms in total. The molecule has 0 heterocycles. The number of hydrogen-bond acceptors (Lipinski definition) is 2. The van der Waals surface area contributed by atoms with Crippen molar-refractivity contribution in [1.29, 1.82) is 0 Å². The van der Waals surface area contributed by atoms with Gasteiger partial charge >= 0.3 is 5.97 Å². The van der Waals surface area contributed by atoms with E-state index in [0.29, 0.717) is 5.56 Å². The van der Waals surface area contributed by atoms with Crippen LogP contribution in [0.5, 0.6) is 0 Å². The molecule has 0 radical (unpaired) electrons. The van der Waals surface area contributed by atoms with Crippen molar-refractivity contribution in [3.05, 3.63) is 34.1 Å². The highest BCUT2D eigenvalue weighted by molar-refractivity contribution is 9.10. The third-order valence-electron chi connectivity index (χ3n) is 2.49. The SMILES string of the molecule is CNC(c1cc(Br)ccc1F)C(C)C(=O)O. The molecular weight excluding hydrogens is 277 g/mol. The number of hydrogen-bond donors (Lipinski definition) is 2. The number of carboxylic acids is 1. The van der Waals surface area contributed by atoms with Gasteiger partial charge < -0.3 is 10.4 Å². The molecule has 1 aromatic rings. The molecule has 16 heavy (non-hydrogen) atoms. The molecule has 0 aliphatic heterocycles. The van der Waals surface area contributed by atoms with Gasteiger partial charge in [-0.25, -0.2) is 4.39 Å². The lowest BCUT2D eigenvalue weighted by molar-refractivity contribution is -0.142. The number of benzene rings is 1. The molecule has 0 bridgehead atoms. The highest BCUT2D eigenvalue weighted by Gasteiger charge is 2.26. The minimum absolute atomic E-state index is 0.353. The summed E-state index contributed by atoms with van der Waals surface area (Å²) in [6, 6.07) is 3.95. The molecule has 2 N–H and O–H groups in total. The summed E-state index contributed by atoms with van der Waals surface area (Å²) in [5.41, 5.74) is 0.353. The molecule has 0 saturated carbocycles. The summed E-state index contributed by atoms with van der Waals surface area (Å²) in [5.74, 6) is -2.07. The first-order valence-corrected chi connectivity index (χ1v) is 5.61. The summed E-state index contributed by atoms with van der Waals surface area (Å²) in [7, 11) is 1.62. The minimum Gasteiger partial charge on any atom is -0.481 e. The fourth-order valence-corrected chi connectivity index (χ4v) is 1.95. The molecular formula is C11H13BrFNO2. The molecule has 0 aromatic heterocycles. The second-order valence-electron chi connectivity index (χ2n) is 3.56. The molecule has 0 spiro atoms. The van der Waals surface area contributed by atoms with Crippen LogP contribution in [-0.2, 0) is 4.79 Å². The quantitative estimate of drug-likeness (QED) is 0.896. The first kappa shape index (κ1) is 13.1. The Morgan fingerprint density at radius 1 is 1.56 bits per heavy atom. The summed E-state index contributed by atoms with van der Waals surface area (Å²) in [6.07, 6.45) is 0. The molecule has 88 valence electrons. The third-order valence-corrected chi connectivity index (χ3v) is 2.99. The largest absolute Gasteiger partial charge is 0.481 e. The first-order chi connectivity index (χ1) is 7.47. The Kier molecular flexibility index (Phi) is 4.44. The van der Waals surface area contributed by atoms with Crippen molar-refractivity contribution in [1.82, 2.24) is 5.32 Å². The standard InChI is InChI=1S/C11H13BrFNO2/c1-6(11(15)16)10(14-2)8-5-7(12)3-4-9(8)13/h3-6,10,14H,1-2H3,(H,15,16). The molecule has 1 aromatic carbocycles. The van der Waals surface area contributed by atoms with Crippen molar-refractivity contribution in [2.24, 2.45) is 5.92 Å². The van der Waals surface area contributed by atoms with Crippen LogP contribution in [0.25, 0.3) is 0 Å². The van der Waals surface area contributed by atoms with Gasteiger partial charge in [0, 0.05) is 16.1 Å². The number of halogens is 2. The summed E-state index contributed by atoms with van der Waals surface area (Å²) in [6.45, 7) is 1.55. The fourth-order valence-electron chi connectivity index (χ4n) is 1.57. The van der Waals surface area contributed by atoms with E-state index in [1.807, 2.05) is 0 Å². The lowest BCUT2D eigenvalue weighted by atomic mass is 9.94. The van der Waals surface area contributed by atoms with Crippen LogP contribution in [0.1, 0.15) is 18.5 Å². The second kappa shape index (κ2) is 5.41. The van der Waals surface area contributed by atoms with Gasteiger partial charge in [0.25, 0.3) is 0 Å². The monoisotopic (exact) mass is 289 g/mol. The number of aliphatic carboxylic acids is 1. The van der Waals surface area contributed by atoms with Crippen LogP contribution in [-0.4, -0.2) is 18.1 Å². The van der Waals surface area contributed by atoms with Gasteiger partial charge in [-0.2, -0.15) is 0 Å². The second-order valence-corrected chi connectivity index (χ2v) is 4.47. The van der Waals surface area contributed by atoms with Gasteiger partial charge in [0.2, 0.25) is 0 Å². The Bertz CT molecular complexity index is 398. The molecule has 0 aliphatic rings. The van der Waals surface area contributed by atoms with Crippen molar-refractivity contribution < 1.29 is 14.3 Å². The summed E-state index contributed by atoms with van der Waals surface area (Å²) in [4.78, 5) is 10.9. The van der Waals surface area contributed by atoms with Gasteiger partial charge in [-0.3, -0.25) is 4.79 Å². The van der Waals surface area contributed by atoms with E-state index in [0.717, 1.165) is 4.47 Å². The Morgan fingerprint density at radius 3 is 2.69 bits per heavy atom. The van der Waals surface area contributed by atoms with Crippen LogP contribution in [0.15, 0.2) is 22.7 Å². The Morgan fingerprint density at radius 2 is 2.19 bits per heavy atom. The van der Waals surface area contributed by atoms with E-state index in [-0.39, 0.29) is 0 Å². The fraction of sp³-hybridized carbons (Fsp3) is 0.364. The average molecular weight is 290 g/mol. The zero-order valence-electron chi connectivity index (χ0n) is 9.00. The molecule has 5 heteroatoms. The maximum Gasteiger partial charge on any atom is 0.308 e. The number of carboxylic acid groups (broad SMARTS) is 1. The maximum absolute atomic E-state index is 13.6. The van der Waals surface area contributed by atoms with E-state index in [4.69, 9.17) is 5.11 Å². The predicted molar refractivity (Wildman–Crippen MR) is 62.7 cm³/mol. The van der Waals surface area contributed by atoms with E-state index in [9.17, 15) is 9.18 Å². The van der Waals surface area contributed by atoms with E-state index >= 15 is 0 Å². The Hall–Kier alpha value is -0.940. The first-order valence-electron chi connectivity index (χ1n) is 4.82. The Balaban J connectivity index is 3.12. The van der Waals surface area contributed by atoms with E-state index in [1.165, 1.54) is 6.07 Å². The van der Waals surface area contributed by atoms with Gasteiger partial charge in [0.1, 0.15) is 5.82 Å². The molecule has 1 rings (SSSR count). The van der Waals surface area contributed by atoms with Crippen LogP contribution in [0, 0.1) is 11.7 Å². The van der Waals surface area contributed by atoms with Crippen molar-refractivity contribution in [2.75, 3.05) is 7.05 Å². The van der Waals surface area contributed by atoms with Crippen molar-refractivity contribution in [3.63, 3.8) is 0 Å². The average Bonchev–Trinajstić information content (AvgIpc) is 2.23. The molecule has 2 unspecified atom stereocenters. The minimum atomic E-state index is -0.960. The summed E-state index contributed by atoms with van der Waals surface area (Å²) >= 11 is 3.24. The number of nitrogens with one attached hydrogen (secondary N) is 1. The van der Waals surface area contributed by atoms with Crippen molar-refractivity contribution in [3.8, 4) is 0 Å². The normalized spacial score (nSPS) is 14.5. The third kappa shape index (κ3) is 2.80. The van der Waals surface area contributed by atoms with E-state index < -0.39 is 23.7 Å². The number of rotatable bonds is 4. The highest BCUT2D eigenvalue weighted by atomic mass is 79.9. The lowest BCUT2D eigenvalue weighted by Crippen LogP contribution is -2.29. The molecule has 0 amide bonds. The Labute approximate surface area is 102 Å². The summed E-state index contributed by atoms with van der Waals surface area (Å²) < 4.78 is 14.3. The maximum atomic E-state index is 13.6. The van der Waals surface area contributed by atoms with Gasteiger partial charge in [0.15, 0.2) is 0 Å². The molecule has 0 saturated heterocycles. The van der Waals surface area contributed by atoms with Gasteiger partial charge in [-0.15, -0.1) is 0 Å². The number of carbonyl (C=O) groups is 1. The molecule has 0 aliphatic carbocycles. The van der Waals surface area contributed by atoms with Crippen molar-refractivity contribution in [2.45, 2.75) is 13.0 Å². The van der Waals surface area contributed by atoms with Gasteiger partial charge in [-0.1, -0.05) is 22.9 Å². The topological polar surface area (TPSA) is 49.3 Å². The van der Waals surface area contributed by atoms with Crippen molar-refractivity contribution >= 4 is 21.9 Å². The van der Waals surface area contributed by atoms with Crippen LogP contribution < -0.4 is 5.32 Å². The van der Waals surface area contributed by atoms with E-state index in [1.54, 1.807) is 26.1 Å². The lowest BCUT2D eigenvalue weighted by Gasteiger charge is -2.21. The molecule has 2 atom stereocenters. The molecule has 0 fully saturated rings.